The van der Waals surface area contributed by atoms with Gasteiger partial charge in [0.15, 0.2) is 11.6 Å². The molecule has 0 fully saturated rings. The molecule has 5 nitrogen and oxygen atoms in total. The molecular formula is C14H14F4N4O. The molecule has 9 heteroatoms. The van der Waals surface area contributed by atoms with E-state index in [1.807, 2.05) is 0 Å². The lowest BCUT2D eigenvalue weighted by atomic mass is 10.1. The van der Waals surface area contributed by atoms with Gasteiger partial charge in [-0.2, -0.15) is 5.10 Å². The van der Waals surface area contributed by atoms with Crippen LogP contribution in [0.15, 0.2) is 30.6 Å². The van der Waals surface area contributed by atoms with Crippen molar-refractivity contribution < 1.29 is 22.4 Å². The molecule has 2 aromatic rings. The van der Waals surface area contributed by atoms with Gasteiger partial charge in [0.05, 0.1) is 17.9 Å². The zero-order chi connectivity index (χ0) is 17.0. The minimum Gasteiger partial charge on any atom is -0.331 e. The van der Waals surface area contributed by atoms with Gasteiger partial charge in [-0.05, 0) is 24.6 Å². The van der Waals surface area contributed by atoms with Gasteiger partial charge in [-0.15, -0.1) is 0 Å². The average molecular weight is 330 g/mol. The fourth-order valence-corrected chi connectivity index (χ4v) is 1.90. The molecule has 1 unspecified atom stereocenters. The summed E-state index contributed by atoms with van der Waals surface area (Å²) in [6.45, 7) is 1.01. The van der Waals surface area contributed by atoms with Crippen molar-refractivity contribution in [3.8, 4) is 0 Å². The molecule has 0 spiro atoms. The Bertz CT molecular complexity index is 689. The zero-order valence-corrected chi connectivity index (χ0v) is 12.1. The highest BCUT2D eigenvalue weighted by Gasteiger charge is 2.13. The number of nitrogens with zero attached hydrogens (tertiary/aromatic N) is 2. The highest BCUT2D eigenvalue weighted by Crippen LogP contribution is 2.16. The molecule has 23 heavy (non-hydrogen) atoms. The topological polar surface area (TPSA) is 59.0 Å². The summed E-state index contributed by atoms with van der Waals surface area (Å²) in [6, 6.07) is 2.10. The van der Waals surface area contributed by atoms with Crippen LogP contribution in [0.4, 0.5) is 28.0 Å². The van der Waals surface area contributed by atoms with Crippen molar-refractivity contribution in [2.75, 3.05) is 5.32 Å². The molecule has 124 valence electrons. The van der Waals surface area contributed by atoms with Crippen LogP contribution in [0.25, 0.3) is 0 Å². The van der Waals surface area contributed by atoms with Gasteiger partial charge in [0.25, 0.3) is 6.43 Å². The van der Waals surface area contributed by atoms with Crippen LogP contribution in [0.2, 0.25) is 0 Å². The maximum absolute atomic E-state index is 13.2. The van der Waals surface area contributed by atoms with E-state index in [1.165, 1.54) is 18.5 Å². The van der Waals surface area contributed by atoms with E-state index in [9.17, 15) is 22.4 Å². The van der Waals surface area contributed by atoms with Crippen LogP contribution in [0.3, 0.4) is 0 Å². The number of hydrogen-bond acceptors (Lipinski definition) is 2. The Morgan fingerprint density at radius 3 is 2.70 bits per heavy atom. The number of alkyl halides is 2. The first kappa shape index (κ1) is 16.8. The molecular weight excluding hydrogens is 316 g/mol. The van der Waals surface area contributed by atoms with Crippen LogP contribution in [-0.4, -0.2) is 22.2 Å². The Hall–Kier alpha value is -2.58. The standard InChI is InChI=1S/C14H14F4N4O/c1-8(9-2-3-11(15)12(16)4-9)20-14(23)21-10-5-19-22(6-10)7-13(17)18/h2-6,8,13H,7H2,1H3,(H2,20,21,23). The average Bonchev–Trinajstić information content (AvgIpc) is 2.87. The van der Waals surface area contributed by atoms with Gasteiger partial charge < -0.3 is 10.6 Å². The molecule has 1 heterocycles. The molecule has 0 saturated carbocycles. The summed E-state index contributed by atoms with van der Waals surface area (Å²) in [6.07, 6.45) is -0.0667. The maximum Gasteiger partial charge on any atom is 0.319 e. The largest absolute Gasteiger partial charge is 0.331 e. The van der Waals surface area contributed by atoms with Crippen LogP contribution in [-0.2, 0) is 6.54 Å². The second-order valence-electron chi connectivity index (χ2n) is 4.84. The quantitative estimate of drug-likeness (QED) is 0.827. The SMILES string of the molecule is CC(NC(=O)Nc1cnn(CC(F)F)c1)c1ccc(F)c(F)c1. The smallest absolute Gasteiger partial charge is 0.319 e. The molecule has 0 bridgehead atoms. The van der Waals surface area contributed by atoms with Gasteiger partial charge in [0.1, 0.15) is 6.54 Å². The number of rotatable bonds is 5. The highest BCUT2D eigenvalue weighted by molar-refractivity contribution is 5.89. The van der Waals surface area contributed by atoms with Crippen molar-refractivity contribution >= 4 is 11.7 Å². The van der Waals surface area contributed by atoms with Crippen molar-refractivity contribution in [3.63, 3.8) is 0 Å². The first-order valence-electron chi connectivity index (χ1n) is 6.68. The Balaban J connectivity index is 1.93. The molecule has 1 aromatic carbocycles. The predicted molar refractivity (Wildman–Crippen MR) is 75.2 cm³/mol. The van der Waals surface area contributed by atoms with Crippen molar-refractivity contribution in [2.45, 2.75) is 25.9 Å². The number of urea groups is 1. The van der Waals surface area contributed by atoms with Gasteiger partial charge >= 0.3 is 6.03 Å². The molecule has 0 radical (unpaired) electrons. The van der Waals surface area contributed by atoms with E-state index in [0.717, 1.165) is 16.8 Å². The molecule has 1 aromatic heterocycles. The van der Waals surface area contributed by atoms with Crippen LogP contribution in [0.1, 0.15) is 18.5 Å². The number of carbonyl (C=O) groups excluding carboxylic acids is 1. The summed E-state index contributed by atoms with van der Waals surface area (Å²) in [5.74, 6) is -1.98. The summed E-state index contributed by atoms with van der Waals surface area (Å²) in [5, 5.41) is 8.60. The second-order valence-corrected chi connectivity index (χ2v) is 4.84. The number of amides is 2. The monoisotopic (exact) mass is 330 g/mol. The molecule has 0 saturated heterocycles. The van der Waals surface area contributed by atoms with E-state index in [0.29, 0.717) is 5.56 Å². The molecule has 0 aliphatic rings. The minimum atomic E-state index is -2.55. The van der Waals surface area contributed by atoms with Gasteiger partial charge in [-0.25, -0.2) is 22.4 Å². The summed E-state index contributed by atoms with van der Waals surface area (Å²) in [5.41, 5.74) is 0.619. The molecule has 2 N–H and O–H groups in total. The van der Waals surface area contributed by atoms with E-state index in [4.69, 9.17) is 0 Å². The van der Waals surface area contributed by atoms with E-state index in [2.05, 4.69) is 15.7 Å². The van der Waals surface area contributed by atoms with Gasteiger partial charge in [0.2, 0.25) is 0 Å². The Kier molecular flexibility index (Phi) is 5.20. The Morgan fingerprint density at radius 1 is 1.30 bits per heavy atom. The van der Waals surface area contributed by atoms with E-state index >= 15 is 0 Å². The van der Waals surface area contributed by atoms with Crippen LogP contribution in [0.5, 0.6) is 0 Å². The van der Waals surface area contributed by atoms with E-state index < -0.39 is 36.7 Å². The highest BCUT2D eigenvalue weighted by atomic mass is 19.3. The van der Waals surface area contributed by atoms with E-state index in [1.54, 1.807) is 6.92 Å². The van der Waals surface area contributed by atoms with Gasteiger partial charge in [0, 0.05) is 6.20 Å². The molecule has 0 aliphatic heterocycles. The number of aromatic nitrogens is 2. The molecule has 1 atom stereocenters. The lowest BCUT2D eigenvalue weighted by Gasteiger charge is -2.14. The number of halogens is 4. The Labute approximate surface area is 129 Å². The molecule has 0 aliphatic carbocycles. The Morgan fingerprint density at radius 2 is 2.04 bits per heavy atom. The maximum atomic E-state index is 13.2. The molecule has 2 rings (SSSR count). The summed E-state index contributed by atoms with van der Waals surface area (Å²) in [4.78, 5) is 11.8. The van der Waals surface area contributed by atoms with Gasteiger partial charge in [-0.1, -0.05) is 6.07 Å². The van der Waals surface area contributed by atoms with Crippen LogP contribution in [0, 0.1) is 11.6 Å². The number of hydrogen-bond donors (Lipinski definition) is 2. The van der Waals surface area contributed by atoms with Crippen LogP contribution < -0.4 is 10.6 Å². The van der Waals surface area contributed by atoms with Crippen molar-refractivity contribution in [3.05, 3.63) is 47.8 Å². The minimum absolute atomic E-state index is 0.237. The lowest BCUT2D eigenvalue weighted by Crippen LogP contribution is -2.31. The summed E-state index contributed by atoms with van der Waals surface area (Å²) in [7, 11) is 0. The summed E-state index contributed by atoms with van der Waals surface area (Å²) < 4.78 is 51.4. The fraction of sp³-hybridized carbons (Fsp3) is 0.286. The van der Waals surface area contributed by atoms with Crippen molar-refractivity contribution in [2.24, 2.45) is 0 Å². The summed E-state index contributed by atoms with van der Waals surface area (Å²) >= 11 is 0. The second kappa shape index (κ2) is 7.12. The fourth-order valence-electron chi connectivity index (χ4n) is 1.90. The predicted octanol–water partition coefficient (Wildman–Crippen LogP) is 3.31. The van der Waals surface area contributed by atoms with Crippen molar-refractivity contribution in [1.82, 2.24) is 15.1 Å². The first-order valence-corrected chi connectivity index (χ1v) is 6.68. The lowest BCUT2D eigenvalue weighted by molar-refractivity contribution is 0.122. The van der Waals surface area contributed by atoms with Gasteiger partial charge in [-0.3, -0.25) is 4.68 Å². The number of benzene rings is 1. The number of carbonyl (C=O) groups is 1. The van der Waals surface area contributed by atoms with E-state index in [-0.39, 0.29) is 5.69 Å². The third-order valence-electron chi connectivity index (χ3n) is 3.01. The number of nitrogens with one attached hydrogen (secondary N) is 2. The molecule has 2 amide bonds. The first-order chi connectivity index (χ1) is 10.8. The van der Waals surface area contributed by atoms with Crippen LogP contribution >= 0.6 is 0 Å². The van der Waals surface area contributed by atoms with Crippen molar-refractivity contribution in [1.29, 1.82) is 0 Å². The number of anilines is 1. The third kappa shape index (κ3) is 4.70. The zero-order valence-electron chi connectivity index (χ0n) is 12.1. The normalized spacial score (nSPS) is 12.3. The third-order valence-corrected chi connectivity index (χ3v) is 3.01.